The van der Waals surface area contributed by atoms with E-state index in [0.717, 1.165) is 29.3 Å². The lowest BCUT2D eigenvalue weighted by Crippen LogP contribution is -1.97. The average molecular weight is 255 g/mol. The van der Waals surface area contributed by atoms with E-state index in [1.54, 1.807) is 0 Å². The molecule has 0 saturated heterocycles. The number of ketones is 1. The number of hydrogen-bond donors (Lipinski definition) is 1. The highest BCUT2D eigenvalue weighted by Crippen LogP contribution is 2.28. The van der Waals surface area contributed by atoms with Crippen LogP contribution in [0.5, 0.6) is 0 Å². The van der Waals surface area contributed by atoms with Crippen LogP contribution in [0.15, 0.2) is 18.3 Å². The molecule has 0 amide bonds. The van der Waals surface area contributed by atoms with Crippen LogP contribution in [-0.2, 0) is 12.8 Å². The Kier molecular flexibility index (Phi) is 3.41. The molecule has 0 atom stereocenters. The number of benzene rings is 1. The summed E-state index contributed by atoms with van der Waals surface area (Å²) in [5.41, 5.74) is 4.93. The first-order valence-corrected chi connectivity index (χ1v) is 7.45. The van der Waals surface area contributed by atoms with Crippen LogP contribution in [0.3, 0.4) is 0 Å². The molecule has 2 nitrogen and oxygen atoms in total. The fourth-order valence-electron chi connectivity index (χ4n) is 3.12. The molecule has 0 unspecified atom stereocenters. The second-order valence-electron chi connectivity index (χ2n) is 5.60. The molecular formula is C17H21NO. The second kappa shape index (κ2) is 5.20. The van der Waals surface area contributed by atoms with Crippen molar-refractivity contribution in [2.75, 3.05) is 0 Å². The number of H-pyrrole nitrogens is 1. The van der Waals surface area contributed by atoms with E-state index in [9.17, 15) is 4.79 Å². The minimum Gasteiger partial charge on any atom is -0.360 e. The number of hydrogen-bond acceptors (Lipinski definition) is 1. The topological polar surface area (TPSA) is 32.9 Å². The predicted molar refractivity (Wildman–Crippen MR) is 78.8 cm³/mol. The quantitative estimate of drug-likeness (QED) is 0.639. The Bertz CT molecular complexity index is 609. The fourth-order valence-corrected chi connectivity index (χ4v) is 3.12. The third-order valence-electron chi connectivity index (χ3n) is 4.17. The normalized spacial score (nSPS) is 15.2. The van der Waals surface area contributed by atoms with Gasteiger partial charge in [0.05, 0.1) is 0 Å². The SMILES string of the molecule is CCCC(=O)c1c[nH]c2cc3c(cc12)CCCCC3. The van der Waals surface area contributed by atoms with E-state index in [2.05, 4.69) is 24.0 Å². The summed E-state index contributed by atoms with van der Waals surface area (Å²) < 4.78 is 0. The van der Waals surface area contributed by atoms with E-state index in [0.29, 0.717) is 6.42 Å². The van der Waals surface area contributed by atoms with Gasteiger partial charge in [-0.2, -0.15) is 0 Å². The smallest absolute Gasteiger partial charge is 0.165 e. The summed E-state index contributed by atoms with van der Waals surface area (Å²) in [5, 5.41) is 1.12. The number of carbonyl (C=O) groups excluding carboxylic acids is 1. The molecule has 2 aromatic rings. The van der Waals surface area contributed by atoms with Crippen molar-refractivity contribution in [3.63, 3.8) is 0 Å². The molecule has 0 fully saturated rings. The van der Waals surface area contributed by atoms with Crippen LogP contribution in [0, 0.1) is 0 Å². The predicted octanol–water partition coefficient (Wildman–Crippen LogP) is 4.42. The molecular weight excluding hydrogens is 234 g/mol. The second-order valence-corrected chi connectivity index (χ2v) is 5.60. The van der Waals surface area contributed by atoms with E-state index in [1.807, 2.05) is 6.20 Å². The van der Waals surface area contributed by atoms with Gasteiger partial charge in [0.25, 0.3) is 0 Å². The Morgan fingerprint density at radius 1 is 1.16 bits per heavy atom. The highest BCUT2D eigenvalue weighted by atomic mass is 16.1. The first-order chi connectivity index (χ1) is 9.29. The summed E-state index contributed by atoms with van der Waals surface area (Å²) >= 11 is 0. The van der Waals surface area contributed by atoms with Crippen molar-refractivity contribution in [2.24, 2.45) is 0 Å². The van der Waals surface area contributed by atoms with Gasteiger partial charge in [-0.3, -0.25) is 4.79 Å². The molecule has 100 valence electrons. The van der Waals surface area contributed by atoms with Crippen LogP contribution in [0.2, 0.25) is 0 Å². The molecule has 19 heavy (non-hydrogen) atoms. The first kappa shape index (κ1) is 12.5. The number of carbonyl (C=O) groups is 1. The number of aryl methyl sites for hydroxylation is 2. The van der Waals surface area contributed by atoms with Crippen molar-refractivity contribution in [3.8, 4) is 0 Å². The maximum Gasteiger partial charge on any atom is 0.165 e. The zero-order valence-corrected chi connectivity index (χ0v) is 11.6. The number of fused-ring (bicyclic) bond motifs is 2. The van der Waals surface area contributed by atoms with Crippen LogP contribution >= 0.6 is 0 Å². The number of Topliss-reactive ketones (excluding diaryl/α,β-unsaturated/α-hetero) is 1. The number of nitrogens with one attached hydrogen (secondary N) is 1. The zero-order valence-electron chi connectivity index (χ0n) is 11.6. The van der Waals surface area contributed by atoms with E-state index in [-0.39, 0.29) is 5.78 Å². The van der Waals surface area contributed by atoms with Gasteiger partial charge in [-0.05, 0) is 55.4 Å². The molecule has 0 saturated carbocycles. The summed E-state index contributed by atoms with van der Waals surface area (Å²) in [6.07, 6.45) is 9.69. The van der Waals surface area contributed by atoms with Crippen LogP contribution < -0.4 is 0 Å². The third-order valence-corrected chi connectivity index (χ3v) is 4.17. The van der Waals surface area contributed by atoms with E-state index < -0.39 is 0 Å². The van der Waals surface area contributed by atoms with Crippen LogP contribution in [0.4, 0.5) is 0 Å². The highest BCUT2D eigenvalue weighted by molar-refractivity contribution is 6.08. The summed E-state index contributed by atoms with van der Waals surface area (Å²) in [6, 6.07) is 4.52. The summed E-state index contributed by atoms with van der Waals surface area (Å²) in [4.78, 5) is 15.4. The van der Waals surface area contributed by atoms with Crippen LogP contribution in [-0.4, -0.2) is 10.8 Å². The Labute approximate surface area is 114 Å². The fraction of sp³-hybridized carbons (Fsp3) is 0.471. The van der Waals surface area contributed by atoms with Gasteiger partial charge in [-0.25, -0.2) is 0 Å². The van der Waals surface area contributed by atoms with E-state index in [4.69, 9.17) is 0 Å². The standard InChI is InChI=1S/C17H21NO/c1-2-6-17(19)15-11-18-16-10-13-8-5-3-4-7-12(13)9-14(15)16/h9-11,18H,2-8H2,1H3. The molecule has 0 spiro atoms. The molecule has 1 aromatic heterocycles. The third kappa shape index (κ3) is 2.32. The average Bonchev–Trinajstić information content (AvgIpc) is 2.66. The number of aromatic amines is 1. The lowest BCUT2D eigenvalue weighted by molar-refractivity contribution is 0.0983. The molecule has 1 aromatic carbocycles. The largest absolute Gasteiger partial charge is 0.360 e. The van der Waals surface area contributed by atoms with Gasteiger partial charge >= 0.3 is 0 Å². The molecule has 1 N–H and O–H groups in total. The van der Waals surface area contributed by atoms with Gasteiger partial charge in [0.1, 0.15) is 0 Å². The van der Waals surface area contributed by atoms with Gasteiger partial charge in [0.2, 0.25) is 0 Å². The Balaban J connectivity index is 2.08. The van der Waals surface area contributed by atoms with Crippen molar-refractivity contribution in [2.45, 2.75) is 51.9 Å². The van der Waals surface area contributed by atoms with Gasteiger partial charge in [0.15, 0.2) is 5.78 Å². The molecule has 1 aliphatic carbocycles. The van der Waals surface area contributed by atoms with Crippen molar-refractivity contribution in [1.82, 2.24) is 4.98 Å². The monoisotopic (exact) mass is 255 g/mol. The Morgan fingerprint density at radius 2 is 1.89 bits per heavy atom. The summed E-state index contributed by atoms with van der Waals surface area (Å²) in [7, 11) is 0. The van der Waals surface area contributed by atoms with Gasteiger partial charge in [-0.15, -0.1) is 0 Å². The maximum atomic E-state index is 12.1. The maximum absolute atomic E-state index is 12.1. The van der Waals surface area contributed by atoms with Crippen LogP contribution in [0.1, 0.15) is 60.5 Å². The molecule has 1 heterocycles. The van der Waals surface area contributed by atoms with E-state index >= 15 is 0 Å². The Morgan fingerprint density at radius 3 is 2.63 bits per heavy atom. The summed E-state index contributed by atoms with van der Waals surface area (Å²) in [6.45, 7) is 2.05. The lowest BCUT2D eigenvalue weighted by atomic mass is 9.98. The summed E-state index contributed by atoms with van der Waals surface area (Å²) in [5.74, 6) is 0.266. The molecule has 0 radical (unpaired) electrons. The minimum atomic E-state index is 0.266. The molecule has 1 aliphatic rings. The van der Waals surface area contributed by atoms with Crippen molar-refractivity contribution < 1.29 is 4.79 Å². The van der Waals surface area contributed by atoms with Crippen molar-refractivity contribution in [3.05, 3.63) is 35.0 Å². The molecule has 0 bridgehead atoms. The van der Waals surface area contributed by atoms with E-state index in [1.165, 1.54) is 36.8 Å². The zero-order chi connectivity index (χ0) is 13.2. The number of rotatable bonds is 3. The molecule has 3 rings (SSSR count). The minimum absolute atomic E-state index is 0.266. The van der Waals surface area contributed by atoms with Gasteiger partial charge < -0.3 is 4.98 Å². The Hall–Kier alpha value is -1.57. The van der Waals surface area contributed by atoms with Crippen LogP contribution in [0.25, 0.3) is 10.9 Å². The molecule has 2 heteroatoms. The number of aromatic nitrogens is 1. The van der Waals surface area contributed by atoms with Crippen molar-refractivity contribution >= 4 is 16.7 Å². The molecule has 0 aliphatic heterocycles. The lowest BCUT2D eigenvalue weighted by Gasteiger charge is -2.06. The van der Waals surface area contributed by atoms with Gasteiger partial charge in [0, 0.05) is 29.1 Å². The first-order valence-electron chi connectivity index (χ1n) is 7.45. The van der Waals surface area contributed by atoms with Crippen molar-refractivity contribution in [1.29, 1.82) is 0 Å². The van der Waals surface area contributed by atoms with Gasteiger partial charge in [-0.1, -0.05) is 13.3 Å². The highest BCUT2D eigenvalue weighted by Gasteiger charge is 2.15.